The molecule has 0 N–H and O–H groups in total. The highest BCUT2D eigenvalue weighted by Crippen LogP contribution is 2.42. The van der Waals surface area contributed by atoms with Crippen molar-refractivity contribution in [1.29, 1.82) is 0 Å². The SMILES string of the molecule is CCCc1c(CCC)c(CCC)c2c(CCC)c3c(CCC)c4ccccc4cc3cc2c1CCC. The summed E-state index contributed by atoms with van der Waals surface area (Å²) in [7, 11) is 0. The number of rotatable bonds is 12. The van der Waals surface area contributed by atoms with Gasteiger partial charge in [-0.15, -0.1) is 0 Å². The van der Waals surface area contributed by atoms with Gasteiger partial charge in [0.1, 0.15) is 0 Å². The summed E-state index contributed by atoms with van der Waals surface area (Å²) in [6.45, 7) is 14.2. The van der Waals surface area contributed by atoms with Crippen LogP contribution in [0, 0.1) is 0 Å². The van der Waals surface area contributed by atoms with Gasteiger partial charge < -0.3 is 0 Å². The zero-order valence-corrected chi connectivity index (χ0v) is 23.9. The van der Waals surface area contributed by atoms with Gasteiger partial charge in [0.2, 0.25) is 0 Å². The highest BCUT2D eigenvalue weighted by atomic mass is 14.3. The Balaban J connectivity index is 2.31. The lowest BCUT2D eigenvalue weighted by molar-refractivity contribution is 0.809. The number of hydrogen-bond donors (Lipinski definition) is 0. The molecule has 192 valence electrons. The Morgan fingerprint density at radius 2 is 0.889 bits per heavy atom. The van der Waals surface area contributed by atoms with Gasteiger partial charge in [-0.25, -0.2) is 0 Å². The van der Waals surface area contributed by atoms with E-state index in [4.69, 9.17) is 0 Å². The smallest absolute Gasteiger partial charge is 0.0107 e. The predicted octanol–water partition coefficient (Wildman–Crippen LogP) is 10.9. The van der Waals surface area contributed by atoms with E-state index in [-0.39, 0.29) is 0 Å². The van der Waals surface area contributed by atoms with Crippen LogP contribution in [-0.2, 0) is 38.5 Å². The summed E-state index contributed by atoms with van der Waals surface area (Å²) in [6, 6.07) is 14.2. The summed E-state index contributed by atoms with van der Waals surface area (Å²) in [4.78, 5) is 0. The topological polar surface area (TPSA) is 0 Å². The molecule has 0 saturated heterocycles. The van der Waals surface area contributed by atoms with E-state index in [0.717, 1.165) is 6.42 Å². The molecular formula is C36H48. The van der Waals surface area contributed by atoms with Crippen LogP contribution in [0.25, 0.3) is 32.3 Å². The second kappa shape index (κ2) is 12.3. The standard InChI is InChI=1S/C36H48/c1-7-15-28-29(16-8-2)32(19-11-5)36-33(20-12-6)35-26(24-34(36)30(28)17-9-3)23-25-21-13-14-22-27(25)31(35)18-10-4/h13-14,21-24H,7-12,15-20H2,1-6H3. The molecular weight excluding hydrogens is 432 g/mol. The summed E-state index contributed by atoms with van der Waals surface area (Å²) in [5.41, 5.74) is 10.0. The Morgan fingerprint density at radius 3 is 1.53 bits per heavy atom. The zero-order chi connectivity index (χ0) is 25.7. The third-order valence-electron chi connectivity index (χ3n) is 8.08. The van der Waals surface area contributed by atoms with Gasteiger partial charge in [-0.05, 0) is 116 Å². The van der Waals surface area contributed by atoms with Crippen LogP contribution in [0.2, 0.25) is 0 Å². The second-order valence-corrected chi connectivity index (χ2v) is 10.9. The molecule has 0 heteroatoms. The molecule has 36 heavy (non-hydrogen) atoms. The minimum Gasteiger partial charge on any atom is -0.0651 e. The molecule has 0 spiro atoms. The molecule has 0 atom stereocenters. The maximum atomic E-state index is 2.62. The molecule has 0 aromatic heterocycles. The van der Waals surface area contributed by atoms with Crippen molar-refractivity contribution in [2.75, 3.05) is 0 Å². The molecule has 0 amide bonds. The van der Waals surface area contributed by atoms with Crippen molar-refractivity contribution in [3.05, 3.63) is 69.8 Å². The number of aryl methyl sites for hydroxylation is 4. The molecule has 0 aliphatic carbocycles. The van der Waals surface area contributed by atoms with Crippen LogP contribution in [0.3, 0.4) is 0 Å². The first-order valence-electron chi connectivity index (χ1n) is 15.1. The summed E-state index contributed by atoms with van der Waals surface area (Å²) >= 11 is 0. The molecule has 0 aliphatic heterocycles. The number of benzene rings is 4. The molecule has 0 saturated carbocycles. The molecule has 0 fully saturated rings. The lowest BCUT2D eigenvalue weighted by Gasteiger charge is -2.26. The van der Waals surface area contributed by atoms with E-state index in [0.29, 0.717) is 0 Å². The fourth-order valence-corrected chi connectivity index (χ4v) is 6.87. The van der Waals surface area contributed by atoms with Gasteiger partial charge in [-0.3, -0.25) is 0 Å². The van der Waals surface area contributed by atoms with Crippen LogP contribution in [0.1, 0.15) is 113 Å². The molecule has 0 unspecified atom stereocenters. The van der Waals surface area contributed by atoms with E-state index in [1.165, 1.54) is 86.8 Å². The minimum atomic E-state index is 1.15. The van der Waals surface area contributed by atoms with Gasteiger partial charge in [-0.2, -0.15) is 0 Å². The van der Waals surface area contributed by atoms with Crippen molar-refractivity contribution in [2.45, 2.75) is 119 Å². The van der Waals surface area contributed by atoms with E-state index in [1.54, 1.807) is 49.5 Å². The van der Waals surface area contributed by atoms with Crippen molar-refractivity contribution in [3.63, 3.8) is 0 Å². The van der Waals surface area contributed by atoms with Crippen molar-refractivity contribution in [2.24, 2.45) is 0 Å². The van der Waals surface area contributed by atoms with E-state index in [2.05, 4.69) is 77.9 Å². The van der Waals surface area contributed by atoms with Crippen molar-refractivity contribution >= 4 is 32.3 Å². The van der Waals surface area contributed by atoms with E-state index in [9.17, 15) is 0 Å². The van der Waals surface area contributed by atoms with Crippen LogP contribution >= 0.6 is 0 Å². The summed E-state index contributed by atoms with van der Waals surface area (Å²) in [5, 5.41) is 9.14. The summed E-state index contributed by atoms with van der Waals surface area (Å²) < 4.78 is 0. The van der Waals surface area contributed by atoms with Crippen molar-refractivity contribution in [3.8, 4) is 0 Å². The zero-order valence-electron chi connectivity index (χ0n) is 23.9. The van der Waals surface area contributed by atoms with Crippen LogP contribution in [0.15, 0.2) is 36.4 Å². The highest BCUT2D eigenvalue weighted by molar-refractivity contribution is 6.12. The molecule has 0 heterocycles. The quantitative estimate of drug-likeness (QED) is 0.177. The average Bonchev–Trinajstić information content (AvgIpc) is 2.88. The van der Waals surface area contributed by atoms with Gasteiger partial charge in [0, 0.05) is 0 Å². The lowest BCUT2D eigenvalue weighted by Crippen LogP contribution is -2.09. The minimum absolute atomic E-state index is 1.15. The van der Waals surface area contributed by atoms with Crippen LogP contribution in [0.5, 0.6) is 0 Å². The van der Waals surface area contributed by atoms with Crippen LogP contribution < -0.4 is 0 Å². The Labute approximate surface area is 220 Å². The molecule has 0 nitrogen and oxygen atoms in total. The Hall–Kier alpha value is -2.34. The third-order valence-corrected chi connectivity index (χ3v) is 8.08. The summed E-state index contributed by atoms with van der Waals surface area (Å²) in [5.74, 6) is 0. The second-order valence-electron chi connectivity index (χ2n) is 10.9. The average molecular weight is 481 g/mol. The van der Waals surface area contributed by atoms with E-state index >= 15 is 0 Å². The molecule has 0 bridgehead atoms. The fraction of sp³-hybridized carbons (Fsp3) is 0.500. The Morgan fingerprint density at radius 1 is 0.389 bits per heavy atom. The van der Waals surface area contributed by atoms with Gasteiger partial charge in [0.05, 0.1) is 0 Å². The van der Waals surface area contributed by atoms with Crippen LogP contribution in [0.4, 0.5) is 0 Å². The molecule has 4 aromatic carbocycles. The van der Waals surface area contributed by atoms with E-state index < -0.39 is 0 Å². The van der Waals surface area contributed by atoms with Crippen molar-refractivity contribution in [1.82, 2.24) is 0 Å². The molecule has 4 aromatic rings. The maximum absolute atomic E-state index is 2.62. The largest absolute Gasteiger partial charge is 0.0651 e. The lowest BCUT2D eigenvalue weighted by atomic mass is 9.78. The first-order valence-corrected chi connectivity index (χ1v) is 15.1. The normalized spacial score (nSPS) is 11.8. The first kappa shape index (κ1) is 26.7. The predicted molar refractivity (Wildman–Crippen MR) is 163 cm³/mol. The van der Waals surface area contributed by atoms with Gasteiger partial charge in [0.15, 0.2) is 0 Å². The number of hydrogen-bond acceptors (Lipinski definition) is 0. The maximum Gasteiger partial charge on any atom is -0.0107 e. The molecule has 4 rings (SSSR count). The van der Waals surface area contributed by atoms with Crippen molar-refractivity contribution < 1.29 is 0 Å². The Kier molecular flexibility index (Phi) is 9.10. The highest BCUT2D eigenvalue weighted by Gasteiger charge is 2.23. The fourth-order valence-electron chi connectivity index (χ4n) is 6.87. The van der Waals surface area contributed by atoms with Gasteiger partial charge in [0.25, 0.3) is 0 Å². The van der Waals surface area contributed by atoms with Gasteiger partial charge in [-0.1, -0.05) is 104 Å². The third kappa shape index (κ3) is 4.81. The van der Waals surface area contributed by atoms with Crippen LogP contribution in [-0.4, -0.2) is 0 Å². The molecule has 0 radical (unpaired) electrons. The van der Waals surface area contributed by atoms with Gasteiger partial charge >= 0.3 is 0 Å². The first-order chi connectivity index (χ1) is 17.6. The monoisotopic (exact) mass is 480 g/mol. The number of fused-ring (bicyclic) bond motifs is 3. The molecule has 0 aliphatic rings. The summed E-state index contributed by atoms with van der Waals surface area (Å²) in [6.07, 6.45) is 14.4. The Bertz CT molecular complexity index is 1340. The van der Waals surface area contributed by atoms with E-state index in [1.807, 2.05) is 0 Å².